The fourth-order valence-electron chi connectivity index (χ4n) is 3.52. The molecule has 0 unspecified atom stereocenters. The van der Waals surface area contributed by atoms with E-state index in [0.29, 0.717) is 33.5 Å². The molecule has 0 aromatic heterocycles. The Hall–Kier alpha value is -3.46. The van der Waals surface area contributed by atoms with Gasteiger partial charge < -0.3 is 24.8 Å². The molecule has 1 aliphatic heterocycles. The number of hydrogen-bond acceptors (Lipinski definition) is 8. The van der Waals surface area contributed by atoms with Crippen LogP contribution in [0.15, 0.2) is 58.7 Å². The van der Waals surface area contributed by atoms with E-state index in [0.717, 1.165) is 11.3 Å². The maximum Gasteiger partial charge on any atom is 0.338 e. The van der Waals surface area contributed by atoms with Crippen LogP contribution in [-0.2, 0) is 14.3 Å². The van der Waals surface area contributed by atoms with E-state index in [4.69, 9.17) is 19.2 Å². The van der Waals surface area contributed by atoms with E-state index >= 15 is 0 Å². The zero-order valence-corrected chi connectivity index (χ0v) is 20.7. The van der Waals surface area contributed by atoms with Crippen LogP contribution in [0.5, 0.6) is 11.5 Å². The molecule has 180 valence electrons. The number of carbonyl (C=O) groups is 2. The number of nitrogens with one attached hydrogen (secondary N) is 2. The number of methoxy groups -OCH3 is 2. The summed E-state index contributed by atoms with van der Waals surface area (Å²) in [5, 5.41) is 6.55. The van der Waals surface area contributed by atoms with Gasteiger partial charge in [-0.05, 0) is 50.6 Å². The topological polar surface area (TPSA) is 98.2 Å². The van der Waals surface area contributed by atoms with E-state index in [1.165, 1.54) is 11.8 Å². The van der Waals surface area contributed by atoms with Gasteiger partial charge >= 0.3 is 5.97 Å². The average molecular weight is 484 g/mol. The molecule has 1 heterocycles. The van der Waals surface area contributed by atoms with Crippen LogP contribution in [0, 0.1) is 6.92 Å². The highest BCUT2D eigenvalue weighted by atomic mass is 32.2. The van der Waals surface area contributed by atoms with Gasteiger partial charge in [-0.3, -0.25) is 4.79 Å². The van der Waals surface area contributed by atoms with Gasteiger partial charge in [0.25, 0.3) is 0 Å². The average Bonchev–Trinajstić information content (AvgIpc) is 2.82. The van der Waals surface area contributed by atoms with E-state index in [9.17, 15) is 9.59 Å². The summed E-state index contributed by atoms with van der Waals surface area (Å²) >= 11 is 1.25. The Morgan fingerprint density at radius 2 is 1.91 bits per heavy atom. The number of esters is 1. The van der Waals surface area contributed by atoms with Crippen molar-refractivity contribution in [2.45, 2.75) is 26.8 Å². The maximum atomic E-state index is 12.8. The van der Waals surface area contributed by atoms with Crippen molar-refractivity contribution >= 4 is 34.5 Å². The molecule has 2 aromatic carbocycles. The molecule has 0 bridgehead atoms. The minimum absolute atomic E-state index is 0.147. The van der Waals surface area contributed by atoms with Crippen LogP contribution in [0.4, 0.5) is 5.69 Å². The normalized spacial score (nSPS) is 15.2. The Balaban J connectivity index is 1.85. The van der Waals surface area contributed by atoms with Gasteiger partial charge in [0.05, 0.1) is 32.2 Å². The first-order chi connectivity index (χ1) is 16.4. The van der Waals surface area contributed by atoms with Crippen molar-refractivity contribution in [2.75, 3.05) is 31.9 Å². The van der Waals surface area contributed by atoms with Gasteiger partial charge in [-0.25, -0.2) is 9.79 Å². The Morgan fingerprint density at radius 1 is 1.12 bits per heavy atom. The lowest BCUT2D eigenvalue weighted by Gasteiger charge is -2.26. The first-order valence-electron chi connectivity index (χ1n) is 10.8. The minimum atomic E-state index is -0.663. The summed E-state index contributed by atoms with van der Waals surface area (Å²) in [4.78, 5) is 30.0. The first-order valence-corrected chi connectivity index (χ1v) is 11.8. The highest BCUT2D eigenvalue weighted by Gasteiger charge is 2.32. The zero-order valence-electron chi connectivity index (χ0n) is 19.9. The molecule has 9 heteroatoms. The minimum Gasteiger partial charge on any atom is -0.497 e. The lowest BCUT2D eigenvalue weighted by atomic mass is 9.95. The number of amides is 1. The molecular formula is C25H29N3O5S. The Morgan fingerprint density at radius 3 is 2.59 bits per heavy atom. The molecule has 0 radical (unpaired) electrons. The number of anilines is 1. The number of thioether (sulfide) groups is 1. The van der Waals surface area contributed by atoms with Crippen LogP contribution < -0.4 is 20.1 Å². The zero-order chi connectivity index (χ0) is 24.7. The van der Waals surface area contributed by atoms with Crippen LogP contribution >= 0.6 is 11.8 Å². The smallest absolute Gasteiger partial charge is 0.338 e. The monoisotopic (exact) mass is 483 g/mol. The van der Waals surface area contributed by atoms with Gasteiger partial charge in [0.15, 0.2) is 5.17 Å². The molecule has 1 atom stereocenters. The fourth-order valence-corrected chi connectivity index (χ4v) is 4.26. The molecule has 2 N–H and O–H groups in total. The SMILES string of the molecule is CCOC(=O)C1=C(C)NC(SCC(=O)Nc2cccc(C)c2)=N[C@@H]1c1ccc(OC)cc1OC. The number of rotatable bonds is 8. The van der Waals surface area contributed by atoms with Crippen molar-refractivity contribution in [2.24, 2.45) is 4.99 Å². The molecule has 0 fully saturated rings. The standard InChI is InChI=1S/C25H29N3O5S/c1-6-33-24(30)22-16(3)26-25(34-14-21(29)27-17-9-7-8-15(2)12-17)28-23(22)19-11-10-18(31-4)13-20(19)32-5/h7-13,23H,6,14H2,1-5H3,(H,26,28)(H,27,29)/t23-/m1/s1. The van der Waals surface area contributed by atoms with E-state index in [1.807, 2.05) is 37.3 Å². The van der Waals surface area contributed by atoms with E-state index in [-0.39, 0.29) is 18.3 Å². The fraction of sp³-hybridized carbons (Fsp3) is 0.320. The van der Waals surface area contributed by atoms with E-state index < -0.39 is 12.0 Å². The summed E-state index contributed by atoms with van der Waals surface area (Å²) in [6, 6.07) is 12.3. The quantitative estimate of drug-likeness (QED) is 0.543. The number of aryl methyl sites for hydroxylation is 1. The molecule has 0 spiro atoms. The van der Waals surface area contributed by atoms with Gasteiger partial charge in [-0.1, -0.05) is 23.9 Å². The Labute approximate surface area is 203 Å². The van der Waals surface area contributed by atoms with Gasteiger partial charge in [0, 0.05) is 23.0 Å². The van der Waals surface area contributed by atoms with Gasteiger partial charge in [0.1, 0.15) is 17.5 Å². The second-order valence-corrected chi connectivity index (χ2v) is 8.50. The number of ether oxygens (including phenoxy) is 3. The molecule has 3 rings (SSSR count). The summed E-state index contributed by atoms with van der Waals surface area (Å²) in [6.45, 7) is 5.75. The molecule has 0 saturated carbocycles. The molecule has 1 aliphatic rings. The molecule has 34 heavy (non-hydrogen) atoms. The molecule has 8 nitrogen and oxygen atoms in total. The molecule has 0 aliphatic carbocycles. The number of benzene rings is 2. The van der Waals surface area contributed by atoms with E-state index in [2.05, 4.69) is 10.6 Å². The predicted molar refractivity (Wildman–Crippen MR) is 134 cm³/mol. The second-order valence-electron chi connectivity index (χ2n) is 7.54. The lowest BCUT2D eigenvalue weighted by Crippen LogP contribution is -2.31. The summed E-state index contributed by atoms with van der Waals surface area (Å²) in [7, 11) is 3.12. The van der Waals surface area contributed by atoms with Crippen LogP contribution in [0.2, 0.25) is 0 Å². The number of carbonyl (C=O) groups excluding carboxylic acids is 2. The van der Waals surface area contributed by atoms with Gasteiger partial charge in [0.2, 0.25) is 5.91 Å². The Bertz CT molecular complexity index is 1130. The van der Waals surface area contributed by atoms with Crippen molar-refractivity contribution in [1.82, 2.24) is 5.32 Å². The Kier molecular flexibility index (Phi) is 8.59. The van der Waals surface area contributed by atoms with Crippen LogP contribution in [0.25, 0.3) is 0 Å². The third-order valence-corrected chi connectivity index (χ3v) is 5.98. The number of allylic oxidation sites excluding steroid dienone is 1. The predicted octanol–water partition coefficient (Wildman–Crippen LogP) is 4.22. The molecule has 0 saturated heterocycles. The molecule has 1 amide bonds. The van der Waals surface area contributed by atoms with E-state index in [1.54, 1.807) is 40.2 Å². The van der Waals surface area contributed by atoms with Crippen molar-refractivity contribution < 1.29 is 23.8 Å². The third-order valence-electron chi connectivity index (χ3n) is 5.09. The van der Waals surface area contributed by atoms with Crippen molar-refractivity contribution in [3.05, 3.63) is 64.9 Å². The number of nitrogens with zero attached hydrogens (tertiary/aromatic N) is 1. The number of aliphatic imine (C=N–C) groups is 1. The van der Waals surface area contributed by atoms with Crippen LogP contribution in [0.3, 0.4) is 0 Å². The summed E-state index contributed by atoms with van der Waals surface area (Å²) in [6.07, 6.45) is 0. The van der Waals surface area contributed by atoms with Crippen molar-refractivity contribution in [3.63, 3.8) is 0 Å². The van der Waals surface area contributed by atoms with Crippen LogP contribution in [0.1, 0.15) is 31.0 Å². The number of hydrogen-bond donors (Lipinski definition) is 2. The highest BCUT2D eigenvalue weighted by Crippen LogP contribution is 2.39. The van der Waals surface area contributed by atoms with Crippen molar-refractivity contribution in [1.29, 1.82) is 0 Å². The number of amidine groups is 1. The summed E-state index contributed by atoms with van der Waals surface area (Å²) < 4.78 is 16.1. The van der Waals surface area contributed by atoms with Gasteiger partial charge in [-0.2, -0.15) is 0 Å². The largest absolute Gasteiger partial charge is 0.497 e. The molecular weight excluding hydrogens is 454 g/mol. The lowest BCUT2D eigenvalue weighted by molar-refractivity contribution is -0.139. The van der Waals surface area contributed by atoms with Crippen molar-refractivity contribution in [3.8, 4) is 11.5 Å². The first kappa shape index (κ1) is 25.2. The van der Waals surface area contributed by atoms with Gasteiger partial charge in [-0.15, -0.1) is 0 Å². The summed E-state index contributed by atoms with van der Waals surface area (Å²) in [5.74, 6) is 0.691. The van der Waals surface area contributed by atoms with Crippen LogP contribution in [-0.4, -0.2) is 43.6 Å². The second kappa shape index (κ2) is 11.6. The summed E-state index contributed by atoms with van der Waals surface area (Å²) in [5.41, 5.74) is 3.49. The molecule has 2 aromatic rings. The third kappa shape index (κ3) is 6.11. The maximum absolute atomic E-state index is 12.8. The highest BCUT2D eigenvalue weighted by molar-refractivity contribution is 8.14.